The maximum atomic E-state index is 12.5. The predicted octanol–water partition coefficient (Wildman–Crippen LogP) is 6.59. The molecule has 0 bridgehead atoms. The van der Waals surface area contributed by atoms with Crippen LogP contribution in [0.2, 0.25) is 5.02 Å². The molecule has 4 aromatic rings. The van der Waals surface area contributed by atoms with Crippen LogP contribution in [-0.2, 0) is 4.79 Å². The Morgan fingerprint density at radius 1 is 0.933 bits per heavy atom. The Morgan fingerprint density at radius 3 is 2.37 bits per heavy atom. The quantitative estimate of drug-likeness (QED) is 0.249. The first-order valence-corrected chi connectivity index (χ1v) is 11.8. The minimum atomic E-state index is -0.573. The second kappa shape index (κ2) is 7.78. The van der Waals surface area contributed by atoms with Gasteiger partial charge in [-0.05, 0) is 24.6 Å². The fourth-order valence-corrected chi connectivity index (χ4v) is 5.57. The van der Waals surface area contributed by atoms with Crippen LogP contribution in [0.15, 0.2) is 59.3 Å². The van der Waals surface area contributed by atoms with Crippen LogP contribution in [0.5, 0.6) is 0 Å². The summed E-state index contributed by atoms with van der Waals surface area (Å²) in [6.45, 7) is 2.03. The highest BCUT2D eigenvalue weighted by Gasteiger charge is 2.49. The number of aryl methyl sites for hydroxylation is 1. The van der Waals surface area contributed by atoms with Gasteiger partial charge in [0.2, 0.25) is 5.91 Å². The van der Waals surface area contributed by atoms with E-state index in [1.54, 1.807) is 4.90 Å². The molecule has 3 heterocycles. The maximum Gasteiger partial charge on any atom is 0.249 e. The van der Waals surface area contributed by atoms with Crippen LogP contribution < -0.4 is 4.90 Å². The molecule has 150 valence electrons. The highest BCUT2D eigenvalue weighted by Crippen LogP contribution is 2.44. The molecule has 2 unspecified atom stereocenters. The van der Waals surface area contributed by atoms with E-state index in [1.165, 1.54) is 28.2 Å². The molecule has 4 nitrogen and oxygen atoms in total. The summed E-state index contributed by atoms with van der Waals surface area (Å²) in [5.41, 5.74) is 4.81. The normalized spacial score (nSPS) is 18.5. The van der Waals surface area contributed by atoms with Crippen molar-refractivity contribution in [3.63, 3.8) is 0 Å². The molecule has 1 fully saturated rings. The first kappa shape index (κ1) is 19.7. The molecule has 8 heteroatoms. The summed E-state index contributed by atoms with van der Waals surface area (Å²) in [6.07, 6.45) is 0. The van der Waals surface area contributed by atoms with E-state index >= 15 is 0 Å². The van der Waals surface area contributed by atoms with Gasteiger partial charge in [0.05, 0.1) is 11.7 Å². The lowest BCUT2D eigenvalue weighted by molar-refractivity contribution is -0.123. The van der Waals surface area contributed by atoms with Crippen molar-refractivity contribution in [3.8, 4) is 22.0 Å². The van der Waals surface area contributed by atoms with Crippen LogP contribution in [0.3, 0.4) is 0 Å². The summed E-state index contributed by atoms with van der Waals surface area (Å²) in [5, 5.41) is 5.50. The fraction of sp³-hybridized carbons (Fsp3) is 0.136. The number of β-lactam (4-membered cyclic amide) rings is 1. The molecule has 30 heavy (non-hydrogen) atoms. The number of amides is 1. The maximum absolute atomic E-state index is 12.5. The van der Waals surface area contributed by atoms with Crippen LogP contribution >= 0.6 is 45.9 Å². The molecular formula is C22H15Cl2N3OS2. The van der Waals surface area contributed by atoms with Gasteiger partial charge in [-0.3, -0.25) is 9.69 Å². The number of aromatic nitrogens is 2. The van der Waals surface area contributed by atoms with E-state index in [0.717, 1.165) is 27.5 Å². The van der Waals surface area contributed by atoms with Gasteiger partial charge in [-0.25, -0.2) is 9.97 Å². The molecule has 5 rings (SSSR count). The van der Waals surface area contributed by atoms with Crippen molar-refractivity contribution in [1.82, 2.24) is 9.97 Å². The molecule has 1 aliphatic heterocycles. The summed E-state index contributed by atoms with van der Waals surface area (Å²) in [7, 11) is 0. The minimum absolute atomic E-state index is 0.121. The van der Waals surface area contributed by atoms with Crippen LogP contribution in [0, 0.1) is 6.92 Å². The lowest BCUT2D eigenvalue weighted by Gasteiger charge is -2.42. The monoisotopic (exact) mass is 471 g/mol. The summed E-state index contributed by atoms with van der Waals surface area (Å²) in [4.78, 5) is 23.6. The molecule has 2 aromatic carbocycles. The molecule has 0 saturated carbocycles. The number of thiazole rings is 2. The van der Waals surface area contributed by atoms with E-state index in [4.69, 9.17) is 33.2 Å². The topological polar surface area (TPSA) is 46.1 Å². The summed E-state index contributed by atoms with van der Waals surface area (Å²) < 4.78 is 0. The Labute approximate surface area is 191 Å². The molecule has 1 aliphatic rings. The minimum Gasteiger partial charge on any atom is -0.277 e. The number of benzene rings is 2. The fourth-order valence-electron chi connectivity index (χ4n) is 3.37. The molecule has 0 spiro atoms. The van der Waals surface area contributed by atoms with Crippen LogP contribution in [-0.4, -0.2) is 21.3 Å². The van der Waals surface area contributed by atoms with Crippen molar-refractivity contribution >= 4 is 56.9 Å². The van der Waals surface area contributed by atoms with Gasteiger partial charge >= 0.3 is 0 Å². The van der Waals surface area contributed by atoms with Crippen LogP contribution in [0.1, 0.15) is 17.2 Å². The second-order valence-corrected chi connectivity index (χ2v) is 9.63. The lowest BCUT2D eigenvalue weighted by atomic mass is 9.93. The van der Waals surface area contributed by atoms with E-state index < -0.39 is 5.38 Å². The van der Waals surface area contributed by atoms with Crippen LogP contribution in [0.25, 0.3) is 22.0 Å². The van der Waals surface area contributed by atoms with Crippen LogP contribution in [0.4, 0.5) is 5.13 Å². The van der Waals surface area contributed by atoms with Gasteiger partial charge in [-0.15, -0.1) is 34.3 Å². The first-order chi connectivity index (χ1) is 14.5. The zero-order valence-corrected chi connectivity index (χ0v) is 18.9. The number of carbonyl (C=O) groups is 1. The Morgan fingerprint density at radius 2 is 1.63 bits per heavy atom. The molecule has 1 saturated heterocycles. The molecule has 0 radical (unpaired) electrons. The third kappa shape index (κ3) is 3.44. The van der Waals surface area contributed by atoms with Crippen molar-refractivity contribution in [2.45, 2.75) is 18.3 Å². The van der Waals surface area contributed by atoms with E-state index in [2.05, 4.69) is 0 Å². The Hall–Kier alpha value is -2.25. The number of nitrogens with zero attached hydrogens (tertiary/aromatic N) is 3. The Kier molecular flexibility index (Phi) is 5.11. The molecule has 0 N–H and O–H groups in total. The highest BCUT2D eigenvalue weighted by atomic mass is 35.5. The average molecular weight is 472 g/mol. The number of hydrogen-bond donors (Lipinski definition) is 0. The number of alkyl halides is 1. The zero-order chi connectivity index (χ0) is 20.8. The van der Waals surface area contributed by atoms with E-state index in [1.807, 2.05) is 66.2 Å². The van der Waals surface area contributed by atoms with Gasteiger partial charge < -0.3 is 0 Å². The molecule has 0 aliphatic carbocycles. The van der Waals surface area contributed by atoms with Crippen molar-refractivity contribution < 1.29 is 4.79 Å². The van der Waals surface area contributed by atoms with Gasteiger partial charge in [0, 0.05) is 21.3 Å². The SMILES string of the molecule is Cc1ccc(C2C(Cl)C(=O)N2c2nc(-c3nc(-c4ccc(Cl)cc4)cs3)cs2)cc1. The molecular weight excluding hydrogens is 457 g/mol. The van der Waals surface area contributed by atoms with Crippen molar-refractivity contribution in [2.75, 3.05) is 4.90 Å². The third-order valence-electron chi connectivity index (χ3n) is 5.01. The van der Waals surface area contributed by atoms with E-state index in [0.29, 0.717) is 10.2 Å². The molecule has 1 amide bonds. The summed E-state index contributed by atoms with van der Waals surface area (Å²) in [5.74, 6) is -0.121. The van der Waals surface area contributed by atoms with Crippen molar-refractivity contribution in [3.05, 3.63) is 75.4 Å². The van der Waals surface area contributed by atoms with Gasteiger partial charge in [0.1, 0.15) is 16.1 Å². The number of halogens is 2. The smallest absolute Gasteiger partial charge is 0.249 e. The largest absolute Gasteiger partial charge is 0.277 e. The predicted molar refractivity (Wildman–Crippen MR) is 125 cm³/mol. The second-order valence-electron chi connectivity index (χ2n) is 7.03. The summed E-state index contributed by atoms with van der Waals surface area (Å²) in [6, 6.07) is 15.5. The zero-order valence-electron chi connectivity index (χ0n) is 15.8. The van der Waals surface area contributed by atoms with E-state index in [9.17, 15) is 4.79 Å². The molecule has 2 atom stereocenters. The van der Waals surface area contributed by atoms with Gasteiger partial charge in [0.25, 0.3) is 0 Å². The van der Waals surface area contributed by atoms with Crippen molar-refractivity contribution in [2.24, 2.45) is 0 Å². The number of anilines is 1. The molecule has 2 aromatic heterocycles. The van der Waals surface area contributed by atoms with Gasteiger partial charge in [-0.1, -0.05) is 53.6 Å². The van der Waals surface area contributed by atoms with Gasteiger partial charge in [0.15, 0.2) is 5.13 Å². The lowest BCUT2D eigenvalue weighted by Crippen LogP contribution is -2.56. The third-order valence-corrected chi connectivity index (χ3v) is 7.39. The standard InChI is InChI=1S/C22H15Cl2N3OS2/c1-12-2-4-14(5-3-12)19-18(24)21(28)27(19)22-26-17(11-30-22)20-25-16(10-29-20)13-6-8-15(23)9-7-13/h2-11,18-19H,1H3. The number of rotatable bonds is 4. The Bertz CT molecular complexity index is 1220. The first-order valence-electron chi connectivity index (χ1n) is 9.22. The highest BCUT2D eigenvalue weighted by molar-refractivity contribution is 7.16. The summed E-state index contributed by atoms with van der Waals surface area (Å²) >= 11 is 15.3. The number of carbonyl (C=O) groups excluding carboxylic acids is 1. The van der Waals surface area contributed by atoms with E-state index in [-0.39, 0.29) is 11.9 Å². The number of hydrogen-bond acceptors (Lipinski definition) is 5. The van der Waals surface area contributed by atoms with Crippen molar-refractivity contribution in [1.29, 1.82) is 0 Å². The average Bonchev–Trinajstić information content (AvgIpc) is 3.42. The van der Waals surface area contributed by atoms with Gasteiger partial charge in [-0.2, -0.15) is 0 Å². The Balaban J connectivity index is 1.42.